The topological polar surface area (TPSA) is 72.9 Å². The largest absolute Gasteiger partial charge is 0.495 e. The Morgan fingerprint density at radius 1 is 1.15 bits per heavy atom. The fourth-order valence-electron chi connectivity index (χ4n) is 2.90. The Morgan fingerprint density at radius 2 is 1.85 bits per heavy atom. The summed E-state index contributed by atoms with van der Waals surface area (Å²) in [6.45, 7) is 5.59. The summed E-state index contributed by atoms with van der Waals surface area (Å²) in [5.74, 6) is 0.593. The number of nitrogens with zero attached hydrogens (tertiary/aromatic N) is 1. The molecule has 0 spiro atoms. The molecule has 2 aromatic rings. The van der Waals surface area contributed by atoms with Gasteiger partial charge in [0.05, 0.1) is 19.3 Å². The molecule has 0 atom stereocenters. The molecule has 0 aromatic heterocycles. The number of Topliss-reactive ketones (excluding diaryl/α,β-unsaturated/α-hetero) is 1. The first kappa shape index (κ1) is 18.3. The van der Waals surface area contributed by atoms with Crippen LogP contribution in [0.2, 0.25) is 0 Å². The lowest BCUT2D eigenvalue weighted by atomic mass is 10.1. The molecule has 0 aliphatic carbocycles. The molecule has 0 radical (unpaired) electrons. The van der Waals surface area contributed by atoms with Crippen molar-refractivity contribution in [3.8, 4) is 11.5 Å². The van der Waals surface area contributed by atoms with Gasteiger partial charge >= 0.3 is 0 Å². The second-order valence-corrected chi connectivity index (χ2v) is 8.08. The summed E-state index contributed by atoms with van der Waals surface area (Å²) in [7, 11) is -2.43. The van der Waals surface area contributed by atoms with Crippen LogP contribution in [0.25, 0.3) is 0 Å². The van der Waals surface area contributed by atoms with Gasteiger partial charge in [-0.25, -0.2) is 8.42 Å². The van der Waals surface area contributed by atoms with Crippen LogP contribution in [0.5, 0.6) is 11.5 Å². The number of ether oxygens (including phenoxy) is 2. The monoisotopic (exact) mass is 375 g/mol. The molecule has 1 aliphatic rings. The molecule has 1 aliphatic heterocycles. The number of hydrogen-bond acceptors (Lipinski definition) is 5. The van der Waals surface area contributed by atoms with Gasteiger partial charge in [-0.3, -0.25) is 9.10 Å². The molecular weight excluding hydrogens is 354 g/mol. The molecule has 2 aromatic carbocycles. The van der Waals surface area contributed by atoms with Crippen molar-refractivity contribution in [2.45, 2.75) is 25.7 Å². The zero-order chi connectivity index (χ0) is 19.1. The summed E-state index contributed by atoms with van der Waals surface area (Å²) in [5.41, 5.74) is 2.60. The molecule has 0 saturated heterocycles. The maximum atomic E-state index is 13.4. The molecular formula is C19H21NO5S. The summed E-state index contributed by atoms with van der Waals surface area (Å²) in [6.07, 6.45) is 0. The van der Waals surface area contributed by atoms with E-state index in [9.17, 15) is 13.2 Å². The van der Waals surface area contributed by atoms with E-state index in [1.54, 1.807) is 30.3 Å². The number of anilines is 1. The number of ketones is 1. The van der Waals surface area contributed by atoms with Crippen molar-refractivity contribution < 1.29 is 22.7 Å². The zero-order valence-electron chi connectivity index (χ0n) is 15.2. The Kier molecular flexibility index (Phi) is 4.66. The maximum absolute atomic E-state index is 13.4. The molecule has 0 fully saturated rings. The van der Waals surface area contributed by atoms with Crippen molar-refractivity contribution in [2.24, 2.45) is 0 Å². The Labute approximate surface area is 153 Å². The van der Waals surface area contributed by atoms with Crippen molar-refractivity contribution in [3.05, 3.63) is 47.0 Å². The molecule has 26 heavy (non-hydrogen) atoms. The van der Waals surface area contributed by atoms with Crippen LogP contribution in [-0.4, -0.2) is 34.5 Å². The number of sulfonamides is 1. The second kappa shape index (κ2) is 6.64. The number of methoxy groups -OCH3 is 1. The average molecular weight is 375 g/mol. The standard InChI is InChI=1S/C19H21NO5S/c1-12-9-18(24-4)19(10-13(12)2)26(22,23)20-7-8-25-17-6-5-15(14(3)21)11-16(17)20/h5-6,9-11H,7-8H2,1-4H3. The molecule has 138 valence electrons. The third-order valence-electron chi connectivity index (χ3n) is 4.53. The van der Waals surface area contributed by atoms with Gasteiger partial charge in [-0.2, -0.15) is 0 Å². The van der Waals surface area contributed by atoms with Crippen molar-refractivity contribution in [1.82, 2.24) is 0 Å². The van der Waals surface area contributed by atoms with Crippen LogP contribution in [0.15, 0.2) is 35.2 Å². The minimum atomic E-state index is -3.88. The van der Waals surface area contributed by atoms with Crippen molar-refractivity contribution >= 4 is 21.5 Å². The quantitative estimate of drug-likeness (QED) is 0.768. The molecule has 0 amide bonds. The van der Waals surface area contributed by atoms with Gasteiger partial charge in [-0.15, -0.1) is 0 Å². The first-order valence-corrected chi connectivity index (χ1v) is 9.65. The van der Waals surface area contributed by atoms with Gasteiger partial charge in [0.25, 0.3) is 10.0 Å². The van der Waals surface area contributed by atoms with Crippen molar-refractivity contribution in [3.63, 3.8) is 0 Å². The molecule has 3 rings (SSSR count). The van der Waals surface area contributed by atoms with Crippen LogP contribution in [0, 0.1) is 13.8 Å². The molecule has 0 saturated carbocycles. The van der Waals surface area contributed by atoms with Gasteiger partial charge in [0.1, 0.15) is 23.0 Å². The fourth-order valence-corrected chi connectivity index (χ4v) is 4.58. The van der Waals surface area contributed by atoms with Crippen molar-refractivity contribution in [1.29, 1.82) is 0 Å². The first-order valence-electron chi connectivity index (χ1n) is 8.21. The van der Waals surface area contributed by atoms with Gasteiger partial charge in [0.2, 0.25) is 0 Å². The maximum Gasteiger partial charge on any atom is 0.268 e. The molecule has 7 heteroatoms. The predicted molar refractivity (Wildman–Crippen MR) is 98.9 cm³/mol. The van der Waals surface area contributed by atoms with Crippen molar-refractivity contribution in [2.75, 3.05) is 24.6 Å². The number of rotatable bonds is 4. The number of carbonyl (C=O) groups excluding carboxylic acids is 1. The summed E-state index contributed by atoms with van der Waals surface area (Å²) in [4.78, 5) is 11.8. The van der Waals surface area contributed by atoms with E-state index in [-0.39, 0.29) is 23.8 Å². The highest BCUT2D eigenvalue weighted by Gasteiger charge is 2.33. The third kappa shape index (κ3) is 3.03. The fraction of sp³-hybridized carbons (Fsp3) is 0.316. The van der Waals surface area contributed by atoms with E-state index in [4.69, 9.17) is 9.47 Å². The lowest BCUT2D eigenvalue weighted by Gasteiger charge is -2.31. The summed E-state index contributed by atoms with van der Waals surface area (Å²) < 4.78 is 38.9. The van der Waals surface area contributed by atoms with Crippen LogP contribution < -0.4 is 13.8 Å². The smallest absolute Gasteiger partial charge is 0.268 e. The summed E-state index contributed by atoms with van der Waals surface area (Å²) in [5, 5.41) is 0. The number of benzene rings is 2. The van der Waals surface area contributed by atoms with Gasteiger partial charge in [-0.05, 0) is 62.2 Å². The average Bonchev–Trinajstić information content (AvgIpc) is 2.62. The third-order valence-corrected chi connectivity index (χ3v) is 6.37. The lowest BCUT2D eigenvalue weighted by molar-refractivity contribution is 0.101. The van der Waals surface area contributed by atoms with Gasteiger partial charge < -0.3 is 9.47 Å². The Hall–Kier alpha value is -2.54. The molecule has 6 nitrogen and oxygen atoms in total. The number of carbonyl (C=O) groups is 1. The first-order chi connectivity index (χ1) is 12.3. The normalized spacial score (nSPS) is 13.8. The molecule has 0 bridgehead atoms. The van der Waals surface area contributed by atoms with E-state index >= 15 is 0 Å². The molecule has 1 heterocycles. The Bertz CT molecular complexity index is 982. The summed E-state index contributed by atoms with van der Waals surface area (Å²) in [6, 6.07) is 8.16. The van der Waals surface area contributed by atoms with Crippen LogP contribution in [0.3, 0.4) is 0 Å². The predicted octanol–water partition coefficient (Wildman–Crippen LogP) is 3.10. The molecule has 0 unspecified atom stereocenters. The van der Waals surface area contributed by atoms with E-state index < -0.39 is 10.0 Å². The van der Waals surface area contributed by atoms with Crippen LogP contribution in [0.1, 0.15) is 28.4 Å². The van der Waals surface area contributed by atoms with Crippen LogP contribution in [-0.2, 0) is 10.0 Å². The van der Waals surface area contributed by atoms with E-state index in [1.165, 1.54) is 18.3 Å². The number of fused-ring (bicyclic) bond motifs is 1. The number of aryl methyl sites for hydroxylation is 2. The van der Waals surface area contributed by atoms with Gasteiger partial charge in [-0.1, -0.05) is 0 Å². The van der Waals surface area contributed by atoms with E-state index in [2.05, 4.69) is 0 Å². The lowest BCUT2D eigenvalue weighted by Crippen LogP contribution is -2.38. The minimum absolute atomic E-state index is 0.101. The number of hydrogen-bond donors (Lipinski definition) is 0. The highest BCUT2D eigenvalue weighted by molar-refractivity contribution is 7.93. The minimum Gasteiger partial charge on any atom is -0.495 e. The highest BCUT2D eigenvalue weighted by atomic mass is 32.2. The van der Waals surface area contributed by atoms with Crippen LogP contribution >= 0.6 is 0 Å². The second-order valence-electron chi connectivity index (χ2n) is 6.25. The van der Waals surface area contributed by atoms with Gasteiger partial charge in [0, 0.05) is 5.56 Å². The SMILES string of the molecule is COc1cc(C)c(C)cc1S(=O)(=O)N1CCOc2ccc(C(C)=O)cc21. The van der Waals surface area contributed by atoms with E-state index in [1.807, 2.05) is 13.8 Å². The Balaban J connectivity index is 2.18. The Morgan fingerprint density at radius 3 is 2.50 bits per heavy atom. The molecule has 0 N–H and O–H groups in total. The zero-order valence-corrected chi connectivity index (χ0v) is 16.0. The summed E-state index contributed by atoms with van der Waals surface area (Å²) >= 11 is 0. The van der Waals surface area contributed by atoms with Gasteiger partial charge in [0.15, 0.2) is 5.78 Å². The highest BCUT2D eigenvalue weighted by Crippen LogP contribution is 2.38. The van der Waals surface area contributed by atoms with Crippen LogP contribution in [0.4, 0.5) is 5.69 Å². The van der Waals surface area contributed by atoms with E-state index in [0.29, 0.717) is 22.7 Å². The van der Waals surface area contributed by atoms with E-state index in [0.717, 1.165) is 11.1 Å².